The van der Waals surface area contributed by atoms with E-state index in [-0.39, 0.29) is 18.4 Å². The van der Waals surface area contributed by atoms with Crippen LogP contribution in [0.3, 0.4) is 0 Å². The molecule has 0 atom stereocenters. The third kappa shape index (κ3) is 4.92. The molecule has 0 aliphatic rings. The lowest BCUT2D eigenvalue weighted by atomic mass is 10.1. The van der Waals surface area contributed by atoms with Gasteiger partial charge in [0.1, 0.15) is 11.5 Å². The van der Waals surface area contributed by atoms with E-state index in [1.165, 1.54) is 0 Å². The Morgan fingerprint density at radius 1 is 0.889 bits per heavy atom. The van der Waals surface area contributed by atoms with Crippen LogP contribution in [0.15, 0.2) is 102 Å². The van der Waals surface area contributed by atoms with Crippen LogP contribution in [0.25, 0.3) is 17.1 Å². The third-order valence-corrected chi connectivity index (χ3v) is 5.63. The SMILES string of the molecule is Cc1oc(-c2ccccc2NC(=O)c2ccccc2)nc1CNC(=O)c1cccc(-n2cccn2)c1. The molecule has 5 rings (SSSR count). The molecule has 0 aliphatic carbocycles. The molecule has 0 saturated carbocycles. The number of hydrogen-bond acceptors (Lipinski definition) is 5. The first-order valence-corrected chi connectivity index (χ1v) is 11.4. The normalized spacial score (nSPS) is 10.7. The molecule has 0 aliphatic heterocycles. The van der Waals surface area contributed by atoms with Crippen LogP contribution >= 0.6 is 0 Å². The highest BCUT2D eigenvalue weighted by Gasteiger charge is 2.17. The van der Waals surface area contributed by atoms with Crippen LogP contribution in [-0.2, 0) is 6.54 Å². The van der Waals surface area contributed by atoms with E-state index >= 15 is 0 Å². The van der Waals surface area contributed by atoms with Crippen LogP contribution in [0.2, 0.25) is 0 Å². The van der Waals surface area contributed by atoms with Crippen molar-refractivity contribution in [2.75, 3.05) is 5.32 Å². The first-order chi connectivity index (χ1) is 17.6. The Morgan fingerprint density at radius 3 is 2.47 bits per heavy atom. The number of aromatic nitrogens is 3. The van der Waals surface area contributed by atoms with Gasteiger partial charge >= 0.3 is 0 Å². The van der Waals surface area contributed by atoms with Crippen LogP contribution in [0.1, 0.15) is 32.2 Å². The van der Waals surface area contributed by atoms with Crippen molar-refractivity contribution in [1.29, 1.82) is 0 Å². The number of nitrogens with one attached hydrogen (secondary N) is 2. The second-order valence-electron chi connectivity index (χ2n) is 8.07. The topological polar surface area (TPSA) is 102 Å². The molecule has 0 saturated heterocycles. The zero-order valence-electron chi connectivity index (χ0n) is 19.5. The van der Waals surface area contributed by atoms with Crippen LogP contribution in [0, 0.1) is 6.92 Å². The number of para-hydroxylation sites is 1. The van der Waals surface area contributed by atoms with Crippen molar-refractivity contribution in [1.82, 2.24) is 20.1 Å². The van der Waals surface area contributed by atoms with E-state index in [9.17, 15) is 9.59 Å². The number of nitrogens with zero attached hydrogens (tertiary/aromatic N) is 3. The van der Waals surface area contributed by atoms with Crippen LogP contribution in [0.5, 0.6) is 0 Å². The predicted molar refractivity (Wildman–Crippen MR) is 136 cm³/mol. The van der Waals surface area contributed by atoms with Crippen molar-refractivity contribution in [3.05, 3.63) is 120 Å². The molecule has 0 radical (unpaired) electrons. The van der Waals surface area contributed by atoms with Gasteiger partial charge in [-0.1, -0.05) is 36.4 Å². The lowest BCUT2D eigenvalue weighted by molar-refractivity contribution is 0.0949. The quantitative estimate of drug-likeness (QED) is 0.343. The first kappa shape index (κ1) is 22.8. The molecule has 2 amide bonds. The first-order valence-electron chi connectivity index (χ1n) is 11.4. The zero-order chi connectivity index (χ0) is 24.9. The Labute approximate surface area is 207 Å². The summed E-state index contributed by atoms with van der Waals surface area (Å²) in [6, 6.07) is 25.3. The average Bonchev–Trinajstić information content (AvgIpc) is 3.58. The maximum atomic E-state index is 12.8. The molecule has 5 aromatic rings. The van der Waals surface area contributed by atoms with E-state index in [1.54, 1.807) is 48.1 Å². The van der Waals surface area contributed by atoms with Gasteiger partial charge in [-0.05, 0) is 55.5 Å². The van der Waals surface area contributed by atoms with Gasteiger partial charge in [-0.2, -0.15) is 5.10 Å². The number of oxazole rings is 1. The van der Waals surface area contributed by atoms with Gasteiger partial charge in [-0.15, -0.1) is 0 Å². The highest BCUT2D eigenvalue weighted by atomic mass is 16.4. The maximum absolute atomic E-state index is 12.8. The number of carbonyl (C=O) groups excluding carboxylic acids is 2. The summed E-state index contributed by atoms with van der Waals surface area (Å²) < 4.78 is 7.60. The summed E-state index contributed by atoms with van der Waals surface area (Å²) in [7, 11) is 0. The molecule has 0 fully saturated rings. The van der Waals surface area contributed by atoms with Crippen molar-refractivity contribution < 1.29 is 14.0 Å². The zero-order valence-corrected chi connectivity index (χ0v) is 19.5. The minimum absolute atomic E-state index is 0.193. The number of hydrogen-bond donors (Lipinski definition) is 2. The van der Waals surface area contributed by atoms with E-state index in [2.05, 4.69) is 20.7 Å². The summed E-state index contributed by atoms with van der Waals surface area (Å²) in [5, 5.41) is 10.0. The Balaban J connectivity index is 1.31. The monoisotopic (exact) mass is 477 g/mol. The Hall–Kier alpha value is -4.98. The van der Waals surface area contributed by atoms with Crippen LogP contribution < -0.4 is 10.6 Å². The summed E-state index contributed by atoms with van der Waals surface area (Å²) >= 11 is 0. The third-order valence-electron chi connectivity index (χ3n) is 5.63. The number of aryl methyl sites for hydroxylation is 1. The molecule has 8 heteroatoms. The Bertz CT molecular complexity index is 1510. The van der Waals surface area contributed by atoms with Crippen LogP contribution in [-0.4, -0.2) is 26.6 Å². The van der Waals surface area contributed by atoms with Crippen molar-refractivity contribution in [3.63, 3.8) is 0 Å². The van der Waals surface area contributed by atoms with E-state index in [4.69, 9.17) is 4.42 Å². The molecule has 0 bridgehead atoms. The lowest BCUT2D eigenvalue weighted by Gasteiger charge is -2.09. The fourth-order valence-corrected chi connectivity index (χ4v) is 3.75. The minimum Gasteiger partial charge on any atom is -0.441 e. The molecule has 0 spiro atoms. The standard InChI is InChI=1S/C28H23N5O3/c1-19-25(18-29-26(34)21-11-7-12-22(17-21)33-16-8-15-30-33)32-28(36-19)23-13-5-6-14-24(23)31-27(35)20-9-3-2-4-10-20/h2-17H,18H2,1H3,(H,29,34)(H,31,35). The van der Waals surface area contributed by atoms with Gasteiger partial charge in [0.25, 0.3) is 11.8 Å². The molecule has 2 heterocycles. The number of carbonyl (C=O) groups is 2. The summed E-state index contributed by atoms with van der Waals surface area (Å²) in [6.45, 7) is 1.99. The largest absolute Gasteiger partial charge is 0.441 e. The van der Waals surface area contributed by atoms with Crippen LogP contribution in [0.4, 0.5) is 5.69 Å². The molecule has 178 valence electrons. The lowest BCUT2D eigenvalue weighted by Crippen LogP contribution is -2.23. The molecular weight excluding hydrogens is 454 g/mol. The average molecular weight is 478 g/mol. The van der Waals surface area contributed by atoms with Crippen molar-refractivity contribution in [2.45, 2.75) is 13.5 Å². The van der Waals surface area contributed by atoms with Gasteiger partial charge in [0.2, 0.25) is 5.89 Å². The molecule has 3 aromatic carbocycles. The van der Waals surface area contributed by atoms with Gasteiger partial charge in [0.15, 0.2) is 0 Å². The van der Waals surface area contributed by atoms with Gasteiger partial charge in [-0.25, -0.2) is 9.67 Å². The fourth-order valence-electron chi connectivity index (χ4n) is 3.75. The summed E-state index contributed by atoms with van der Waals surface area (Å²) in [6.07, 6.45) is 3.50. The van der Waals surface area contributed by atoms with Crippen molar-refractivity contribution >= 4 is 17.5 Å². The number of amides is 2. The Morgan fingerprint density at radius 2 is 1.67 bits per heavy atom. The molecule has 0 unspecified atom stereocenters. The number of rotatable bonds is 7. The molecule has 8 nitrogen and oxygen atoms in total. The summed E-state index contributed by atoms with van der Waals surface area (Å²) in [5.74, 6) is 0.487. The van der Waals surface area contributed by atoms with E-state index in [1.807, 2.05) is 60.8 Å². The highest BCUT2D eigenvalue weighted by molar-refractivity contribution is 6.06. The number of anilines is 1. The minimum atomic E-state index is -0.233. The summed E-state index contributed by atoms with van der Waals surface area (Å²) in [4.78, 5) is 30.1. The van der Waals surface area contributed by atoms with E-state index in [0.717, 1.165) is 5.69 Å². The van der Waals surface area contributed by atoms with Gasteiger partial charge < -0.3 is 15.1 Å². The summed E-state index contributed by atoms with van der Waals surface area (Å²) in [5.41, 5.74) is 3.69. The van der Waals surface area contributed by atoms with Gasteiger partial charge in [0, 0.05) is 23.5 Å². The predicted octanol–water partition coefficient (Wildman–Crippen LogP) is 5.02. The number of benzene rings is 3. The second kappa shape index (κ2) is 10.1. The molecule has 2 aromatic heterocycles. The molecular formula is C28H23N5O3. The molecule has 36 heavy (non-hydrogen) atoms. The van der Waals surface area contributed by atoms with E-state index in [0.29, 0.717) is 39.7 Å². The fraction of sp³-hybridized carbons (Fsp3) is 0.0714. The second-order valence-corrected chi connectivity index (χ2v) is 8.07. The Kier molecular flexibility index (Phi) is 6.40. The smallest absolute Gasteiger partial charge is 0.255 e. The highest BCUT2D eigenvalue weighted by Crippen LogP contribution is 2.29. The van der Waals surface area contributed by atoms with Crippen molar-refractivity contribution in [2.24, 2.45) is 0 Å². The van der Waals surface area contributed by atoms with E-state index < -0.39 is 0 Å². The van der Waals surface area contributed by atoms with Gasteiger partial charge in [0.05, 0.1) is 23.5 Å². The van der Waals surface area contributed by atoms with Gasteiger partial charge in [-0.3, -0.25) is 9.59 Å². The molecule has 2 N–H and O–H groups in total. The van der Waals surface area contributed by atoms with Crippen molar-refractivity contribution in [3.8, 4) is 17.1 Å². The maximum Gasteiger partial charge on any atom is 0.255 e.